The number of aryl methyl sites for hydroxylation is 4. The largest absolute Gasteiger partial charge is 0.346 e. The van der Waals surface area contributed by atoms with Crippen molar-refractivity contribution in [3.63, 3.8) is 0 Å². The number of hydrogen-bond acceptors (Lipinski definition) is 2. The Morgan fingerprint density at radius 3 is 1.62 bits per heavy atom. The minimum atomic E-state index is 0.999. The molecule has 2 aromatic heterocycles. The molecular weight excluding hydrogens is 200 g/mol. The maximum Gasteiger partial charge on any atom is 0.103 e. The van der Waals surface area contributed by atoms with E-state index in [-0.39, 0.29) is 0 Å². The van der Waals surface area contributed by atoms with Gasteiger partial charge in [0.15, 0.2) is 0 Å². The molecule has 16 heavy (non-hydrogen) atoms. The van der Waals surface area contributed by atoms with Crippen molar-refractivity contribution in [1.29, 1.82) is 0 Å². The highest BCUT2D eigenvalue weighted by Crippen LogP contribution is 2.06. The molecule has 4 heteroatoms. The predicted octanol–water partition coefficient (Wildman–Crippen LogP) is 2.32. The van der Waals surface area contributed by atoms with E-state index in [1.54, 1.807) is 0 Å². The van der Waals surface area contributed by atoms with E-state index in [0.717, 1.165) is 24.5 Å². The highest BCUT2D eigenvalue weighted by atomic mass is 14.9. The van der Waals surface area contributed by atoms with Crippen LogP contribution in [0.4, 0.5) is 0 Å². The number of nitrogens with zero attached hydrogens (tertiary/aromatic N) is 2. The molecular formula is C12H18N4. The molecule has 86 valence electrons. The zero-order chi connectivity index (χ0) is 11.4. The third-order valence-electron chi connectivity index (χ3n) is 2.65. The number of aromatic amines is 2. The van der Waals surface area contributed by atoms with E-state index in [0.29, 0.717) is 0 Å². The van der Waals surface area contributed by atoms with E-state index < -0.39 is 0 Å². The number of nitrogens with one attached hydrogen (secondary N) is 2. The highest BCUT2D eigenvalue weighted by Gasteiger charge is 1.99. The summed E-state index contributed by atoms with van der Waals surface area (Å²) < 4.78 is 0. The zero-order valence-electron chi connectivity index (χ0n) is 9.88. The van der Waals surface area contributed by atoms with Crippen molar-refractivity contribution >= 4 is 0 Å². The van der Waals surface area contributed by atoms with Crippen LogP contribution in [-0.4, -0.2) is 19.9 Å². The molecule has 0 aromatic carbocycles. The minimum absolute atomic E-state index is 0.999. The Kier molecular flexibility index (Phi) is 3.39. The summed E-state index contributed by atoms with van der Waals surface area (Å²) in [6.45, 7) is 3.97. The van der Waals surface area contributed by atoms with Gasteiger partial charge < -0.3 is 9.97 Å². The number of aromatic nitrogens is 4. The molecule has 0 aliphatic heterocycles. The van der Waals surface area contributed by atoms with Gasteiger partial charge in [-0.2, -0.15) is 0 Å². The second-order valence-electron chi connectivity index (χ2n) is 4.19. The summed E-state index contributed by atoms with van der Waals surface area (Å²) in [5, 5.41) is 0. The van der Waals surface area contributed by atoms with Gasteiger partial charge in [0.05, 0.1) is 0 Å². The van der Waals surface area contributed by atoms with Crippen molar-refractivity contribution in [2.24, 2.45) is 0 Å². The first-order valence-corrected chi connectivity index (χ1v) is 5.75. The predicted molar refractivity (Wildman–Crippen MR) is 63.3 cm³/mol. The molecule has 0 bridgehead atoms. The molecule has 0 aliphatic carbocycles. The van der Waals surface area contributed by atoms with Crippen LogP contribution in [0.3, 0.4) is 0 Å². The average Bonchev–Trinajstić information content (AvgIpc) is 2.83. The summed E-state index contributed by atoms with van der Waals surface area (Å²) >= 11 is 0. The summed E-state index contributed by atoms with van der Waals surface area (Å²) in [6.07, 6.45) is 8.37. The molecule has 0 unspecified atom stereocenters. The number of unbranched alkanes of at least 4 members (excludes halogenated alkanes) is 1. The van der Waals surface area contributed by atoms with Gasteiger partial charge >= 0.3 is 0 Å². The molecule has 0 fully saturated rings. The van der Waals surface area contributed by atoms with E-state index >= 15 is 0 Å². The van der Waals surface area contributed by atoms with Gasteiger partial charge in [-0.15, -0.1) is 0 Å². The fraction of sp³-hybridized carbons (Fsp3) is 0.500. The lowest BCUT2D eigenvalue weighted by atomic mass is 10.1. The van der Waals surface area contributed by atoms with Gasteiger partial charge in [0, 0.05) is 23.8 Å². The van der Waals surface area contributed by atoms with Crippen LogP contribution in [0, 0.1) is 13.8 Å². The Hall–Kier alpha value is -1.58. The minimum Gasteiger partial charge on any atom is -0.346 e. The Labute approximate surface area is 95.5 Å². The van der Waals surface area contributed by atoms with Crippen molar-refractivity contribution in [2.75, 3.05) is 0 Å². The molecule has 4 nitrogen and oxygen atoms in total. The molecule has 0 amide bonds. The molecule has 0 atom stereocenters. The Bertz CT molecular complexity index is 399. The van der Waals surface area contributed by atoms with Crippen LogP contribution in [0.2, 0.25) is 0 Å². The SMILES string of the molecule is Cc1ncc(CCCCc2cnc(C)[nH]2)[nH]1. The summed E-state index contributed by atoms with van der Waals surface area (Å²) in [5.74, 6) is 2.00. The lowest BCUT2D eigenvalue weighted by Gasteiger charge is -1.97. The first kappa shape index (κ1) is 10.9. The summed E-state index contributed by atoms with van der Waals surface area (Å²) in [7, 11) is 0. The number of H-pyrrole nitrogens is 2. The average molecular weight is 218 g/mol. The first-order chi connectivity index (χ1) is 7.74. The van der Waals surface area contributed by atoms with Crippen molar-refractivity contribution in [1.82, 2.24) is 19.9 Å². The van der Waals surface area contributed by atoms with Gasteiger partial charge in [-0.3, -0.25) is 0 Å². The maximum atomic E-state index is 4.19. The molecule has 2 aromatic rings. The zero-order valence-corrected chi connectivity index (χ0v) is 9.88. The number of hydrogen-bond donors (Lipinski definition) is 2. The van der Waals surface area contributed by atoms with Gasteiger partial charge in [0.2, 0.25) is 0 Å². The smallest absolute Gasteiger partial charge is 0.103 e. The van der Waals surface area contributed by atoms with Crippen LogP contribution in [0.1, 0.15) is 35.9 Å². The fourth-order valence-electron chi connectivity index (χ4n) is 1.83. The fourth-order valence-corrected chi connectivity index (χ4v) is 1.83. The van der Waals surface area contributed by atoms with Crippen molar-refractivity contribution < 1.29 is 0 Å². The van der Waals surface area contributed by atoms with E-state index in [2.05, 4.69) is 19.9 Å². The third-order valence-corrected chi connectivity index (χ3v) is 2.65. The molecule has 0 aliphatic rings. The van der Waals surface area contributed by atoms with Crippen molar-refractivity contribution in [3.05, 3.63) is 35.4 Å². The van der Waals surface area contributed by atoms with Crippen molar-refractivity contribution in [2.45, 2.75) is 39.5 Å². The summed E-state index contributed by atoms with van der Waals surface area (Å²) in [6, 6.07) is 0. The van der Waals surface area contributed by atoms with Crippen LogP contribution < -0.4 is 0 Å². The second-order valence-corrected chi connectivity index (χ2v) is 4.19. The van der Waals surface area contributed by atoms with Crippen LogP contribution in [0.25, 0.3) is 0 Å². The Balaban J connectivity index is 1.69. The van der Waals surface area contributed by atoms with Gasteiger partial charge in [-0.05, 0) is 39.5 Å². The third kappa shape index (κ3) is 2.95. The number of rotatable bonds is 5. The topological polar surface area (TPSA) is 57.4 Å². The van der Waals surface area contributed by atoms with Crippen molar-refractivity contribution in [3.8, 4) is 0 Å². The molecule has 0 spiro atoms. The normalized spacial score (nSPS) is 10.9. The standard InChI is InChI=1S/C12H18N4/c1-9-13-7-11(15-9)5-3-4-6-12-8-14-10(2)16-12/h7-8H,3-6H2,1-2H3,(H,13,15)(H,14,16). The molecule has 0 radical (unpaired) electrons. The highest BCUT2D eigenvalue weighted by molar-refractivity contribution is 5.01. The van der Waals surface area contributed by atoms with Gasteiger partial charge in [-0.25, -0.2) is 9.97 Å². The first-order valence-electron chi connectivity index (χ1n) is 5.75. The Morgan fingerprint density at radius 2 is 1.31 bits per heavy atom. The molecule has 2 rings (SSSR count). The van der Waals surface area contributed by atoms with Crippen LogP contribution >= 0.6 is 0 Å². The van der Waals surface area contributed by atoms with E-state index in [9.17, 15) is 0 Å². The van der Waals surface area contributed by atoms with E-state index in [1.165, 1.54) is 24.2 Å². The van der Waals surface area contributed by atoms with Crippen LogP contribution in [-0.2, 0) is 12.8 Å². The van der Waals surface area contributed by atoms with Crippen LogP contribution in [0.5, 0.6) is 0 Å². The molecule has 0 saturated heterocycles. The Morgan fingerprint density at radius 1 is 0.875 bits per heavy atom. The van der Waals surface area contributed by atoms with Crippen LogP contribution in [0.15, 0.2) is 12.4 Å². The maximum absolute atomic E-state index is 4.19. The number of imidazole rings is 2. The monoisotopic (exact) mass is 218 g/mol. The summed E-state index contributed by atoms with van der Waals surface area (Å²) in [5.41, 5.74) is 2.47. The molecule has 2 heterocycles. The van der Waals surface area contributed by atoms with E-state index in [1.807, 2.05) is 26.2 Å². The molecule has 2 N–H and O–H groups in total. The van der Waals surface area contributed by atoms with Gasteiger partial charge in [-0.1, -0.05) is 0 Å². The van der Waals surface area contributed by atoms with Gasteiger partial charge in [0.25, 0.3) is 0 Å². The second kappa shape index (κ2) is 4.96. The lowest BCUT2D eigenvalue weighted by Crippen LogP contribution is -1.90. The van der Waals surface area contributed by atoms with E-state index in [4.69, 9.17) is 0 Å². The van der Waals surface area contributed by atoms with Gasteiger partial charge in [0.1, 0.15) is 11.6 Å². The molecule has 0 saturated carbocycles. The quantitative estimate of drug-likeness (QED) is 0.757. The summed E-state index contributed by atoms with van der Waals surface area (Å²) in [4.78, 5) is 14.9. The lowest BCUT2D eigenvalue weighted by molar-refractivity contribution is 0.715.